The Morgan fingerprint density at radius 3 is 2.64 bits per heavy atom. The van der Waals surface area contributed by atoms with Gasteiger partial charge in [0.2, 0.25) is 0 Å². The van der Waals surface area contributed by atoms with Gasteiger partial charge in [-0.3, -0.25) is 4.98 Å². The van der Waals surface area contributed by atoms with Crippen LogP contribution in [0.2, 0.25) is 5.15 Å². The fraction of sp³-hybridized carbons (Fsp3) is 0. The maximum Gasteiger partial charge on any atom is 0.148 e. The zero-order valence-electron chi connectivity index (χ0n) is 7.18. The van der Waals surface area contributed by atoms with Crippen molar-refractivity contribution in [2.75, 3.05) is 5.73 Å². The van der Waals surface area contributed by atoms with Gasteiger partial charge >= 0.3 is 0 Å². The van der Waals surface area contributed by atoms with Gasteiger partial charge in [0.15, 0.2) is 0 Å². The van der Waals surface area contributed by atoms with Crippen molar-refractivity contribution < 1.29 is 0 Å². The third-order valence-corrected chi connectivity index (χ3v) is 1.82. The lowest BCUT2D eigenvalue weighted by molar-refractivity contribution is 1.18. The summed E-state index contributed by atoms with van der Waals surface area (Å²) in [6.45, 7) is 0. The molecule has 0 fully saturated rings. The molecule has 4 nitrogen and oxygen atoms in total. The van der Waals surface area contributed by atoms with E-state index in [0.717, 1.165) is 0 Å². The maximum absolute atomic E-state index is 5.70. The highest BCUT2D eigenvalue weighted by atomic mass is 35.5. The molecule has 14 heavy (non-hydrogen) atoms. The number of nitrogens with zero attached hydrogens (tertiary/aromatic N) is 3. The number of pyridine rings is 1. The molecule has 2 rings (SSSR count). The van der Waals surface area contributed by atoms with Crippen molar-refractivity contribution in [2.45, 2.75) is 0 Å². The number of anilines is 1. The molecule has 0 spiro atoms. The van der Waals surface area contributed by atoms with Crippen LogP contribution in [-0.4, -0.2) is 15.0 Å². The first kappa shape index (κ1) is 8.90. The van der Waals surface area contributed by atoms with Gasteiger partial charge in [-0.15, -0.1) is 0 Å². The van der Waals surface area contributed by atoms with Crippen molar-refractivity contribution in [2.24, 2.45) is 0 Å². The van der Waals surface area contributed by atoms with Gasteiger partial charge in [-0.2, -0.15) is 0 Å². The number of halogens is 1. The average molecular weight is 207 g/mol. The zero-order chi connectivity index (χ0) is 9.97. The van der Waals surface area contributed by atoms with Crippen LogP contribution in [0, 0.1) is 0 Å². The van der Waals surface area contributed by atoms with E-state index in [4.69, 9.17) is 17.3 Å². The number of nitrogens with two attached hydrogens (primary N) is 1. The smallest absolute Gasteiger partial charge is 0.148 e. The second kappa shape index (κ2) is 3.59. The van der Waals surface area contributed by atoms with Crippen molar-refractivity contribution >= 4 is 17.4 Å². The van der Waals surface area contributed by atoms with Gasteiger partial charge in [-0.25, -0.2) is 9.97 Å². The monoisotopic (exact) mass is 206 g/mol. The van der Waals surface area contributed by atoms with Gasteiger partial charge in [-0.05, 0) is 12.1 Å². The number of nitrogen functional groups attached to an aromatic ring is 1. The van der Waals surface area contributed by atoms with E-state index in [1.165, 1.54) is 6.20 Å². The predicted octanol–water partition coefficient (Wildman–Crippen LogP) is 1.77. The number of hydrogen-bond donors (Lipinski definition) is 1. The standard InChI is InChI=1S/C9H7ClN4/c10-8-5-12-4-7(13-8)6-2-1-3-9(11)14-6/h1-5H,(H2,11,14). The molecule has 0 atom stereocenters. The van der Waals surface area contributed by atoms with Crippen molar-refractivity contribution in [3.8, 4) is 11.4 Å². The molecular formula is C9H7ClN4. The van der Waals surface area contributed by atoms with Gasteiger partial charge in [0.25, 0.3) is 0 Å². The number of hydrogen-bond acceptors (Lipinski definition) is 4. The van der Waals surface area contributed by atoms with Crippen LogP contribution in [0.3, 0.4) is 0 Å². The molecule has 2 N–H and O–H groups in total. The van der Waals surface area contributed by atoms with E-state index in [0.29, 0.717) is 22.4 Å². The van der Waals surface area contributed by atoms with Crippen molar-refractivity contribution in [1.29, 1.82) is 0 Å². The minimum atomic E-state index is 0.340. The average Bonchev–Trinajstić information content (AvgIpc) is 2.18. The lowest BCUT2D eigenvalue weighted by Crippen LogP contribution is -1.93. The van der Waals surface area contributed by atoms with Gasteiger partial charge in [0, 0.05) is 0 Å². The Morgan fingerprint density at radius 2 is 1.93 bits per heavy atom. The van der Waals surface area contributed by atoms with E-state index in [-0.39, 0.29) is 0 Å². The van der Waals surface area contributed by atoms with Crippen LogP contribution in [0.5, 0.6) is 0 Å². The molecule has 0 unspecified atom stereocenters. The molecule has 2 aromatic heterocycles. The Morgan fingerprint density at radius 1 is 1.07 bits per heavy atom. The summed E-state index contributed by atoms with van der Waals surface area (Å²) in [5.74, 6) is 0.448. The highest BCUT2D eigenvalue weighted by Crippen LogP contribution is 2.15. The molecule has 2 aromatic rings. The lowest BCUT2D eigenvalue weighted by Gasteiger charge is -2.00. The van der Waals surface area contributed by atoms with Crippen LogP contribution in [0.4, 0.5) is 5.82 Å². The Bertz CT molecular complexity index is 415. The quantitative estimate of drug-likeness (QED) is 0.773. The minimum absolute atomic E-state index is 0.340. The third-order valence-electron chi connectivity index (χ3n) is 1.64. The van der Waals surface area contributed by atoms with E-state index in [1.807, 2.05) is 0 Å². The third kappa shape index (κ3) is 1.80. The van der Waals surface area contributed by atoms with Crippen molar-refractivity contribution in [1.82, 2.24) is 15.0 Å². The molecule has 2 heterocycles. The van der Waals surface area contributed by atoms with Crippen LogP contribution < -0.4 is 5.73 Å². The fourth-order valence-corrected chi connectivity index (χ4v) is 1.21. The summed E-state index contributed by atoms with van der Waals surface area (Å²) in [6.07, 6.45) is 3.06. The minimum Gasteiger partial charge on any atom is -0.384 e. The summed E-state index contributed by atoms with van der Waals surface area (Å²) >= 11 is 5.70. The van der Waals surface area contributed by atoms with Crippen LogP contribution in [0.1, 0.15) is 0 Å². The largest absolute Gasteiger partial charge is 0.384 e. The molecule has 5 heteroatoms. The molecule has 0 aliphatic heterocycles. The summed E-state index contributed by atoms with van der Waals surface area (Å²) in [4.78, 5) is 12.1. The molecule has 70 valence electrons. The first-order valence-corrected chi connectivity index (χ1v) is 4.34. The van der Waals surface area contributed by atoms with Gasteiger partial charge < -0.3 is 5.73 Å². The predicted molar refractivity (Wildman–Crippen MR) is 54.7 cm³/mol. The molecule has 0 amide bonds. The van der Waals surface area contributed by atoms with Crippen LogP contribution >= 0.6 is 11.6 Å². The molecule has 0 aromatic carbocycles. The molecule has 0 saturated heterocycles. The number of aromatic nitrogens is 3. The topological polar surface area (TPSA) is 64.7 Å². The summed E-state index contributed by atoms with van der Waals surface area (Å²) in [5, 5.41) is 0.340. The second-order valence-electron chi connectivity index (χ2n) is 2.67. The Balaban J connectivity index is 2.49. The van der Waals surface area contributed by atoms with Gasteiger partial charge in [0.1, 0.15) is 16.7 Å². The molecule has 0 aliphatic rings. The summed E-state index contributed by atoms with van der Waals surface area (Å²) < 4.78 is 0. The SMILES string of the molecule is Nc1cccc(-c2cncc(Cl)n2)n1. The maximum atomic E-state index is 5.70. The highest BCUT2D eigenvalue weighted by Gasteiger charge is 2.01. The molecule has 0 saturated carbocycles. The van der Waals surface area contributed by atoms with Gasteiger partial charge in [0.05, 0.1) is 18.1 Å². The normalized spacial score (nSPS) is 10.1. The van der Waals surface area contributed by atoms with E-state index >= 15 is 0 Å². The summed E-state index contributed by atoms with van der Waals surface area (Å²) in [5.41, 5.74) is 6.82. The van der Waals surface area contributed by atoms with E-state index in [9.17, 15) is 0 Å². The molecule has 0 aliphatic carbocycles. The Labute approximate surface area is 85.8 Å². The highest BCUT2D eigenvalue weighted by molar-refractivity contribution is 6.29. The van der Waals surface area contributed by atoms with Crippen LogP contribution in [0.15, 0.2) is 30.6 Å². The van der Waals surface area contributed by atoms with Crippen molar-refractivity contribution in [3.05, 3.63) is 35.7 Å². The van der Waals surface area contributed by atoms with Crippen LogP contribution in [0.25, 0.3) is 11.4 Å². The molecular weight excluding hydrogens is 200 g/mol. The Hall–Kier alpha value is -1.68. The fourth-order valence-electron chi connectivity index (χ4n) is 1.06. The zero-order valence-corrected chi connectivity index (χ0v) is 7.94. The molecule has 0 radical (unpaired) electrons. The molecule has 0 bridgehead atoms. The van der Waals surface area contributed by atoms with Crippen LogP contribution in [-0.2, 0) is 0 Å². The first-order chi connectivity index (χ1) is 6.75. The first-order valence-electron chi connectivity index (χ1n) is 3.96. The van der Waals surface area contributed by atoms with Crippen molar-refractivity contribution in [3.63, 3.8) is 0 Å². The van der Waals surface area contributed by atoms with Gasteiger partial charge in [-0.1, -0.05) is 17.7 Å². The number of rotatable bonds is 1. The second-order valence-corrected chi connectivity index (χ2v) is 3.06. The van der Waals surface area contributed by atoms with E-state index in [1.54, 1.807) is 24.4 Å². The Kier molecular flexibility index (Phi) is 2.28. The van der Waals surface area contributed by atoms with E-state index < -0.39 is 0 Å². The summed E-state index contributed by atoms with van der Waals surface area (Å²) in [7, 11) is 0. The lowest BCUT2D eigenvalue weighted by atomic mass is 10.3. The summed E-state index contributed by atoms with van der Waals surface area (Å²) in [6, 6.07) is 5.32. The van der Waals surface area contributed by atoms with E-state index in [2.05, 4.69) is 15.0 Å².